The van der Waals surface area contributed by atoms with Gasteiger partial charge >= 0.3 is 5.97 Å². The molecule has 10 heteroatoms. The molecule has 0 aliphatic rings. The standard InChI is InChI=1S/C19H22N4O5.ClH/c20-19(21)22-8-9-28-13-6-7-14(16(24)10-13)18(27)23-15(11-17(25)26)12-4-2-1-3-5-12;/h1-7,10,15,24H,8-9,11H2,(H,23,27)(H,25,26)(H4,20,21,22);1H. The average Bonchev–Trinajstić information content (AvgIpc) is 2.65. The smallest absolute Gasteiger partial charge is 0.305 e. The summed E-state index contributed by atoms with van der Waals surface area (Å²) in [5, 5.41) is 21.9. The maximum Gasteiger partial charge on any atom is 0.305 e. The minimum Gasteiger partial charge on any atom is -0.507 e. The molecule has 0 aromatic heterocycles. The van der Waals surface area contributed by atoms with Crippen molar-refractivity contribution in [3.63, 3.8) is 0 Å². The van der Waals surface area contributed by atoms with E-state index >= 15 is 0 Å². The van der Waals surface area contributed by atoms with Crippen LogP contribution in [0.15, 0.2) is 53.5 Å². The lowest BCUT2D eigenvalue weighted by atomic mass is 10.0. The van der Waals surface area contributed by atoms with E-state index in [4.69, 9.17) is 21.3 Å². The largest absolute Gasteiger partial charge is 0.507 e. The van der Waals surface area contributed by atoms with Crippen LogP contribution in [0, 0.1) is 0 Å². The van der Waals surface area contributed by atoms with Gasteiger partial charge < -0.3 is 31.7 Å². The Bertz CT molecular complexity index is 857. The molecule has 2 aromatic carbocycles. The van der Waals surface area contributed by atoms with E-state index in [2.05, 4.69) is 10.3 Å². The van der Waals surface area contributed by atoms with Crippen LogP contribution in [0.2, 0.25) is 0 Å². The second-order valence-corrected chi connectivity index (χ2v) is 5.87. The number of rotatable bonds is 9. The van der Waals surface area contributed by atoms with Gasteiger partial charge in [0, 0.05) is 6.07 Å². The van der Waals surface area contributed by atoms with Crippen molar-refractivity contribution in [2.75, 3.05) is 13.2 Å². The highest BCUT2D eigenvalue weighted by Crippen LogP contribution is 2.25. The number of carbonyl (C=O) groups excluding carboxylic acids is 1. The summed E-state index contributed by atoms with van der Waals surface area (Å²) < 4.78 is 5.39. The summed E-state index contributed by atoms with van der Waals surface area (Å²) in [5.41, 5.74) is 11.1. The number of hydrogen-bond acceptors (Lipinski definition) is 5. The van der Waals surface area contributed by atoms with E-state index < -0.39 is 17.9 Å². The Morgan fingerprint density at radius 2 is 1.83 bits per heavy atom. The number of hydrogen-bond donors (Lipinski definition) is 5. The number of phenolic OH excluding ortho intramolecular Hbond substituents is 1. The Kier molecular flexibility index (Phi) is 9.27. The van der Waals surface area contributed by atoms with E-state index in [0.717, 1.165) is 0 Å². The third-order valence-electron chi connectivity index (χ3n) is 3.75. The van der Waals surface area contributed by atoms with Crippen molar-refractivity contribution in [3.8, 4) is 11.5 Å². The topological polar surface area (TPSA) is 160 Å². The molecule has 0 saturated carbocycles. The van der Waals surface area contributed by atoms with Crippen LogP contribution in [0.3, 0.4) is 0 Å². The summed E-state index contributed by atoms with van der Waals surface area (Å²) >= 11 is 0. The van der Waals surface area contributed by atoms with Crippen LogP contribution in [0.1, 0.15) is 28.4 Å². The molecule has 0 aliphatic carbocycles. The van der Waals surface area contributed by atoms with E-state index in [1.807, 2.05) is 0 Å². The van der Waals surface area contributed by atoms with Gasteiger partial charge in [0.15, 0.2) is 5.96 Å². The Morgan fingerprint density at radius 3 is 2.41 bits per heavy atom. The predicted octanol–water partition coefficient (Wildman–Crippen LogP) is 1.41. The van der Waals surface area contributed by atoms with Crippen LogP contribution in [0.25, 0.3) is 0 Å². The zero-order valence-electron chi connectivity index (χ0n) is 15.4. The number of guanidine groups is 1. The first-order chi connectivity index (χ1) is 13.4. The van der Waals surface area contributed by atoms with E-state index in [9.17, 15) is 14.7 Å². The van der Waals surface area contributed by atoms with Gasteiger partial charge in [0.25, 0.3) is 5.91 Å². The molecule has 1 atom stereocenters. The third-order valence-corrected chi connectivity index (χ3v) is 3.75. The number of halogens is 1. The van der Waals surface area contributed by atoms with Gasteiger partial charge in [-0.2, -0.15) is 0 Å². The van der Waals surface area contributed by atoms with Gasteiger partial charge in [0.2, 0.25) is 0 Å². The zero-order valence-corrected chi connectivity index (χ0v) is 16.3. The van der Waals surface area contributed by atoms with Gasteiger partial charge in [0.1, 0.15) is 18.1 Å². The molecule has 1 amide bonds. The number of carboxylic acid groups (broad SMARTS) is 1. The SMILES string of the molecule is Cl.NC(N)=NCCOc1ccc(C(=O)NC(CC(=O)O)c2ccccc2)c(O)c1. The number of phenols is 1. The molecule has 0 heterocycles. The number of carbonyl (C=O) groups is 2. The van der Waals surface area contributed by atoms with Crippen molar-refractivity contribution in [1.82, 2.24) is 5.32 Å². The monoisotopic (exact) mass is 422 g/mol. The minimum atomic E-state index is -1.05. The molecule has 2 rings (SSSR count). The number of nitrogens with zero attached hydrogens (tertiary/aromatic N) is 1. The number of benzene rings is 2. The first kappa shape index (κ1) is 23.6. The molecule has 0 fully saturated rings. The van der Waals surface area contributed by atoms with Gasteiger partial charge in [-0.15, -0.1) is 12.4 Å². The Balaban J connectivity index is 0.00000420. The van der Waals surface area contributed by atoms with Gasteiger partial charge in [-0.25, -0.2) is 0 Å². The van der Waals surface area contributed by atoms with E-state index in [1.165, 1.54) is 18.2 Å². The second-order valence-electron chi connectivity index (χ2n) is 5.87. The summed E-state index contributed by atoms with van der Waals surface area (Å²) in [6.45, 7) is 0.441. The molecular weight excluding hydrogens is 400 g/mol. The number of ether oxygens (including phenoxy) is 1. The highest BCUT2D eigenvalue weighted by Gasteiger charge is 2.20. The number of nitrogens with one attached hydrogen (secondary N) is 1. The van der Waals surface area contributed by atoms with Crippen LogP contribution in [0.5, 0.6) is 11.5 Å². The number of aliphatic imine (C=N–C) groups is 1. The fourth-order valence-electron chi connectivity index (χ4n) is 2.48. The van der Waals surface area contributed by atoms with E-state index in [0.29, 0.717) is 11.3 Å². The van der Waals surface area contributed by atoms with Gasteiger partial charge in [-0.3, -0.25) is 14.6 Å². The second kappa shape index (κ2) is 11.4. The fourth-order valence-corrected chi connectivity index (χ4v) is 2.48. The number of aromatic hydroxyl groups is 1. The predicted molar refractivity (Wildman–Crippen MR) is 110 cm³/mol. The number of nitrogens with two attached hydrogens (primary N) is 2. The van der Waals surface area contributed by atoms with Crippen LogP contribution < -0.4 is 21.5 Å². The van der Waals surface area contributed by atoms with Crippen LogP contribution in [0.4, 0.5) is 0 Å². The molecular formula is C19H23ClN4O5. The molecule has 29 heavy (non-hydrogen) atoms. The van der Waals surface area contributed by atoms with E-state index in [-0.39, 0.29) is 49.3 Å². The van der Waals surface area contributed by atoms with Crippen LogP contribution in [-0.2, 0) is 4.79 Å². The molecule has 2 aromatic rings. The molecule has 0 radical (unpaired) electrons. The van der Waals surface area contributed by atoms with Gasteiger partial charge in [-0.1, -0.05) is 30.3 Å². The van der Waals surface area contributed by atoms with Crippen molar-refractivity contribution in [1.29, 1.82) is 0 Å². The fraction of sp³-hybridized carbons (Fsp3) is 0.211. The Hall–Kier alpha value is -3.46. The molecule has 7 N–H and O–H groups in total. The summed E-state index contributed by atoms with van der Waals surface area (Å²) in [7, 11) is 0. The number of carboxylic acids is 1. The van der Waals surface area contributed by atoms with Crippen molar-refractivity contribution in [2.24, 2.45) is 16.5 Å². The summed E-state index contributed by atoms with van der Waals surface area (Å²) in [6, 6.07) is 12.2. The maximum absolute atomic E-state index is 12.5. The molecule has 0 bridgehead atoms. The normalized spacial score (nSPS) is 10.9. The van der Waals surface area contributed by atoms with Gasteiger partial charge in [0.05, 0.1) is 24.6 Å². The first-order valence-electron chi connectivity index (χ1n) is 8.45. The summed E-state index contributed by atoms with van der Waals surface area (Å²) in [4.78, 5) is 27.4. The van der Waals surface area contributed by atoms with Crippen molar-refractivity contribution in [3.05, 3.63) is 59.7 Å². The third kappa shape index (κ3) is 7.59. The quantitative estimate of drug-likeness (QED) is 0.232. The Labute approximate surface area is 173 Å². The van der Waals surface area contributed by atoms with Crippen molar-refractivity contribution in [2.45, 2.75) is 12.5 Å². The lowest BCUT2D eigenvalue weighted by Crippen LogP contribution is -2.30. The first-order valence-corrected chi connectivity index (χ1v) is 8.45. The Morgan fingerprint density at radius 1 is 1.14 bits per heavy atom. The molecule has 0 spiro atoms. The average molecular weight is 423 g/mol. The molecule has 156 valence electrons. The minimum absolute atomic E-state index is 0. The van der Waals surface area contributed by atoms with Gasteiger partial charge in [-0.05, 0) is 17.7 Å². The molecule has 0 aliphatic heterocycles. The lowest BCUT2D eigenvalue weighted by Gasteiger charge is -2.18. The lowest BCUT2D eigenvalue weighted by molar-refractivity contribution is -0.137. The van der Waals surface area contributed by atoms with Crippen molar-refractivity contribution >= 4 is 30.2 Å². The van der Waals surface area contributed by atoms with Crippen molar-refractivity contribution < 1.29 is 24.5 Å². The highest BCUT2D eigenvalue weighted by atomic mass is 35.5. The maximum atomic E-state index is 12.5. The molecule has 1 unspecified atom stereocenters. The molecule has 9 nitrogen and oxygen atoms in total. The molecule has 0 saturated heterocycles. The zero-order chi connectivity index (χ0) is 20.5. The van der Waals surface area contributed by atoms with Crippen LogP contribution in [-0.4, -0.2) is 41.2 Å². The summed E-state index contributed by atoms with van der Waals surface area (Å²) in [6.07, 6.45) is -0.289. The number of amides is 1. The van der Waals surface area contributed by atoms with Crippen LogP contribution >= 0.6 is 12.4 Å². The highest BCUT2D eigenvalue weighted by molar-refractivity contribution is 5.97. The summed E-state index contributed by atoms with van der Waals surface area (Å²) in [5.74, 6) is -1.65. The number of aliphatic carboxylic acids is 1. The van der Waals surface area contributed by atoms with E-state index in [1.54, 1.807) is 30.3 Å².